The van der Waals surface area contributed by atoms with Crippen molar-refractivity contribution in [3.05, 3.63) is 30.6 Å². The van der Waals surface area contributed by atoms with Crippen molar-refractivity contribution in [2.24, 2.45) is 5.92 Å². The number of hydrogen-bond donors (Lipinski definition) is 2. The lowest BCUT2D eigenvalue weighted by atomic mass is 9.98. The molecule has 9 heteroatoms. The predicted octanol–water partition coefficient (Wildman–Crippen LogP) is 2.09. The molecule has 0 aromatic carbocycles. The van der Waals surface area contributed by atoms with Gasteiger partial charge in [0.2, 0.25) is 5.91 Å². The van der Waals surface area contributed by atoms with E-state index in [9.17, 15) is 9.59 Å². The normalized spacial score (nSPS) is 16.6. The Morgan fingerprint density at radius 1 is 1.39 bits per heavy atom. The zero-order valence-electron chi connectivity index (χ0n) is 15.9. The monoisotopic (exact) mass is 387 g/mol. The zero-order valence-corrected chi connectivity index (χ0v) is 15.9. The number of nitrogens with zero attached hydrogens (tertiary/aromatic N) is 4. The maximum absolute atomic E-state index is 12.3. The number of carbonyl (C=O) groups excluding carboxylic acids is 1. The quantitative estimate of drug-likeness (QED) is 0.752. The number of aromatic nitrogens is 3. The van der Waals surface area contributed by atoms with Gasteiger partial charge in [0.05, 0.1) is 24.2 Å². The minimum atomic E-state index is -1.02. The van der Waals surface area contributed by atoms with Crippen molar-refractivity contribution >= 4 is 12.0 Å². The van der Waals surface area contributed by atoms with Gasteiger partial charge in [0.25, 0.3) is 0 Å². The van der Waals surface area contributed by atoms with Crippen LogP contribution in [0.2, 0.25) is 0 Å². The lowest BCUT2D eigenvalue weighted by molar-refractivity contribution is -0.133. The van der Waals surface area contributed by atoms with Crippen LogP contribution in [0, 0.1) is 5.92 Å². The van der Waals surface area contributed by atoms with Gasteiger partial charge in [0.1, 0.15) is 5.75 Å². The Hall–Kier alpha value is -3.10. The van der Waals surface area contributed by atoms with E-state index in [0.717, 1.165) is 29.1 Å². The number of piperidine rings is 1. The first kappa shape index (κ1) is 19.7. The van der Waals surface area contributed by atoms with Gasteiger partial charge in [-0.2, -0.15) is 5.10 Å². The van der Waals surface area contributed by atoms with Gasteiger partial charge in [-0.15, -0.1) is 0 Å². The van der Waals surface area contributed by atoms with Crippen LogP contribution in [-0.4, -0.2) is 75.4 Å². The summed E-state index contributed by atoms with van der Waals surface area (Å²) in [6, 6.07) is 5.60. The lowest BCUT2D eigenvalue weighted by Gasteiger charge is -2.33. The van der Waals surface area contributed by atoms with Gasteiger partial charge in [-0.05, 0) is 31.0 Å². The van der Waals surface area contributed by atoms with Gasteiger partial charge >= 0.3 is 6.09 Å². The summed E-state index contributed by atoms with van der Waals surface area (Å²) in [7, 11) is 1.47. The Kier molecular flexibility index (Phi) is 6.46. The first-order valence-corrected chi connectivity index (χ1v) is 9.33. The summed E-state index contributed by atoms with van der Waals surface area (Å²) in [5, 5.41) is 15.7. The topological polar surface area (TPSA) is 112 Å². The molecule has 28 heavy (non-hydrogen) atoms. The fraction of sp³-hybridized carbons (Fsp3) is 0.474. The smallest absolute Gasteiger partial charge is 0.407 e. The molecule has 3 rings (SSSR count). The van der Waals surface area contributed by atoms with E-state index in [-0.39, 0.29) is 24.8 Å². The molecular formula is C19H25N5O4. The number of hydrogen-bond acceptors (Lipinski definition) is 5. The summed E-state index contributed by atoms with van der Waals surface area (Å²) in [4.78, 5) is 30.5. The third kappa shape index (κ3) is 5.21. The number of nitrogens with one attached hydrogen (secondary N) is 1. The highest BCUT2D eigenvalue weighted by Gasteiger charge is 2.24. The minimum Gasteiger partial charge on any atom is -0.492 e. The second-order valence-corrected chi connectivity index (χ2v) is 6.96. The summed E-state index contributed by atoms with van der Waals surface area (Å²) in [5.41, 5.74) is 1.65. The second kappa shape index (κ2) is 9.20. The van der Waals surface area contributed by atoms with E-state index >= 15 is 0 Å². The average molecular weight is 387 g/mol. The maximum atomic E-state index is 12.3. The highest BCUT2D eigenvalue weighted by molar-refractivity contribution is 5.77. The molecule has 1 fully saturated rings. The van der Waals surface area contributed by atoms with Gasteiger partial charge in [0, 0.05) is 45.2 Å². The number of carboxylic acid groups (broad SMARTS) is 1. The fourth-order valence-electron chi connectivity index (χ4n) is 3.18. The number of aromatic amines is 1. The highest BCUT2D eigenvalue weighted by atomic mass is 16.5. The van der Waals surface area contributed by atoms with E-state index in [2.05, 4.69) is 15.2 Å². The molecule has 2 aromatic heterocycles. The Morgan fingerprint density at radius 3 is 2.93 bits per heavy atom. The number of carbonyl (C=O) groups is 2. The lowest BCUT2D eigenvalue weighted by Crippen LogP contribution is -2.42. The average Bonchev–Trinajstić information content (AvgIpc) is 3.25. The van der Waals surface area contributed by atoms with Crippen molar-refractivity contribution in [2.75, 3.05) is 33.3 Å². The number of H-pyrrole nitrogens is 1. The number of likely N-dealkylation sites (tertiary alicyclic amines) is 1. The molecule has 0 aliphatic carbocycles. The molecule has 150 valence electrons. The van der Waals surface area contributed by atoms with Crippen LogP contribution in [0.25, 0.3) is 11.4 Å². The molecule has 2 amide bonds. The van der Waals surface area contributed by atoms with E-state index < -0.39 is 6.09 Å². The minimum absolute atomic E-state index is 0.0108. The first-order chi connectivity index (χ1) is 13.5. The molecule has 0 radical (unpaired) electrons. The number of pyridine rings is 1. The van der Waals surface area contributed by atoms with Crippen LogP contribution in [0.15, 0.2) is 30.6 Å². The summed E-state index contributed by atoms with van der Waals surface area (Å²) >= 11 is 0. The van der Waals surface area contributed by atoms with Gasteiger partial charge < -0.3 is 19.6 Å². The second-order valence-electron chi connectivity index (χ2n) is 6.96. The SMILES string of the molecule is CN(CCC(=O)N1CCC[C@@H](COc2ccc(-c3ccn[nH]3)nc2)C1)C(=O)O. The molecule has 1 aliphatic rings. The molecule has 0 bridgehead atoms. The van der Waals surface area contributed by atoms with Crippen molar-refractivity contribution in [3.8, 4) is 17.1 Å². The summed E-state index contributed by atoms with van der Waals surface area (Å²) in [6.45, 7) is 2.08. The first-order valence-electron chi connectivity index (χ1n) is 9.33. The van der Waals surface area contributed by atoms with E-state index in [1.807, 2.05) is 23.1 Å². The van der Waals surface area contributed by atoms with Crippen molar-refractivity contribution in [3.63, 3.8) is 0 Å². The van der Waals surface area contributed by atoms with Crippen molar-refractivity contribution in [1.82, 2.24) is 25.0 Å². The molecule has 1 atom stereocenters. The number of amides is 2. The Balaban J connectivity index is 1.45. The third-order valence-corrected chi connectivity index (χ3v) is 4.86. The fourth-order valence-corrected chi connectivity index (χ4v) is 3.18. The molecule has 2 N–H and O–H groups in total. The molecule has 0 unspecified atom stereocenters. The summed E-state index contributed by atoms with van der Waals surface area (Å²) < 4.78 is 5.86. The van der Waals surface area contributed by atoms with E-state index in [0.29, 0.717) is 25.4 Å². The molecule has 3 heterocycles. The van der Waals surface area contributed by atoms with Crippen LogP contribution >= 0.6 is 0 Å². The van der Waals surface area contributed by atoms with Crippen LogP contribution in [0.3, 0.4) is 0 Å². The summed E-state index contributed by atoms with van der Waals surface area (Å²) in [5.74, 6) is 0.931. The van der Waals surface area contributed by atoms with E-state index in [1.165, 1.54) is 7.05 Å². The van der Waals surface area contributed by atoms with E-state index in [1.54, 1.807) is 12.4 Å². The molecule has 1 aliphatic heterocycles. The molecule has 9 nitrogen and oxygen atoms in total. The predicted molar refractivity (Wildman–Crippen MR) is 102 cm³/mol. The van der Waals surface area contributed by atoms with E-state index in [4.69, 9.17) is 9.84 Å². The Bertz CT molecular complexity index is 778. The highest BCUT2D eigenvalue weighted by Crippen LogP contribution is 2.21. The van der Waals surface area contributed by atoms with Gasteiger partial charge in [-0.1, -0.05) is 0 Å². The maximum Gasteiger partial charge on any atom is 0.407 e. The van der Waals surface area contributed by atoms with Crippen LogP contribution in [0.1, 0.15) is 19.3 Å². The number of ether oxygens (including phenoxy) is 1. The van der Waals surface area contributed by atoms with Crippen molar-refractivity contribution < 1.29 is 19.4 Å². The zero-order chi connectivity index (χ0) is 19.9. The van der Waals surface area contributed by atoms with Crippen LogP contribution in [-0.2, 0) is 4.79 Å². The Labute approximate surface area is 163 Å². The van der Waals surface area contributed by atoms with Crippen LogP contribution in [0.4, 0.5) is 4.79 Å². The van der Waals surface area contributed by atoms with Crippen molar-refractivity contribution in [2.45, 2.75) is 19.3 Å². The standard InChI is InChI=1S/C19H25N5O4/c1-23(19(26)27)10-7-18(25)24-9-2-3-14(12-24)13-28-15-4-5-16(20-11-15)17-6-8-21-22-17/h4-6,8,11,14H,2-3,7,9-10,12-13H2,1H3,(H,21,22)(H,26,27)/t14-/m1/s1. The largest absolute Gasteiger partial charge is 0.492 e. The van der Waals surface area contributed by atoms with Gasteiger partial charge in [-0.3, -0.25) is 14.9 Å². The third-order valence-electron chi connectivity index (χ3n) is 4.86. The molecule has 1 saturated heterocycles. The van der Waals surface area contributed by atoms with Crippen LogP contribution < -0.4 is 4.74 Å². The molecular weight excluding hydrogens is 362 g/mol. The number of rotatable bonds is 7. The van der Waals surface area contributed by atoms with Crippen molar-refractivity contribution in [1.29, 1.82) is 0 Å². The molecule has 2 aromatic rings. The Morgan fingerprint density at radius 2 is 2.25 bits per heavy atom. The van der Waals surface area contributed by atoms with Gasteiger partial charge in [0.15, 0.2) is 0 Å². The molecule has 0 spiro atoms. The summed E-state index contributed by atoms with van der Waals surface area (Å²) in [6.07, 6.45) is 4.46. The van der Waals surface area contributed by atoms with Crippen LogP contribution in [0.5, 0.6) is 5.75 Å². The molecule has 0 saturated carbocycles. The van der Waals surface area contributed by atoms with Gasteiger partial charge in [-0.25, -0.2) is 4.79 Å².